The minimum absolute atomic E-state index is 0.0332. The van der Waals surface area contributed by atoms with Crippen LogP contribution in [-0.4, -0.2) is 40.6 Å². The van der Waals surface area contributed by atoms with Crippen molar-refractivity contribution in [1.29, 1.82) is 0 Å². The highest BCUT2D eigenvalue weighted by Gasteiger charge is 2.69. The molecule has 1 heterocycles. The third-order valence-corrected chi connectivity index (χ3v) is 7.15. The van der Waals surface area contributed by atoms with Crippen LogP contribution in [0.4, 0.5) is 0 Å². The molecule has 0 bridgehead atoms. The zero-order valence-electron chi connectivity index (χ0n) is 12.0. The van der Waals surface area contributed by atoms with Crippen LogP contribution in [0.15, 0.2) is 0 Å². The lowest BCUT2D eigenvalue weighted by atomic mass is 10.0. The summed E-state index contributed by atoms with van der Waals surface area (Å²) < 4.78 is 22.0. The van der Waals surface area contributed by atoms with Gasteiger partial charge in [0.1, 0.15) is 5.04 Å². The summed E-state index contributed by atoms with van der Waals surface area (Å²) in [5.41, 5.74) is 0. The summed E-state index contributed by atoms with van der Waals surface area (Å²) in [6, 6.07) is 0. The Labute approximate surface area is 114 Å². The van der Waals surface area contributed by atoms with E-state index in [1.807, 2.05) is 27.7 Å². The van der Waals surface area contributed by atoms with Crippen LogP contribution in [0, 0.1) is 0 Å². The molecule has 19 heavy (non-hydrogen) atoms. The van der Waals surface area contributed by atoms with Gasteiger partial charge in [-0.25, -0.2) is 0 Å². The fourth-order valence-corrected chi connectivity index (χ4v) is 5.70. The molecule has 7 heteroatoms. The van der Waals surface area contributed by atoms with Crippen molar-refractivity contribution in [2.24, 2.45) is 0 Å². The van der Waals surface area contributed by atoms with E-state index in [4.69, 9.17) is 18.0 Å². The fourth-order valence-electron chi connectivity index (χ4n) is 2.38. The maximum Gasteiger partial charge on any atom is 0.519 e. The summed E-state index contributed by atoms with van der Waals surface area (Å²) in [5, 5.41) is -1.11. The Kier molecular flexibility index (Phi) is 5.66. The number of ether oxygens (including phenoxy) is 1. The smallest absolute Gasteiger partial charge is 0.393 e. The van der Waals surface area contributed by atoms with Gasteiger partial charge in [-0.2, -0.15) is 0 Å². The van der Waals surface area contributed by atoms with Crippen molar-refractivity contribution in [2.75, 3.05) is 19.8 Å². The SMILES string of the molecule is CCO[Si](OCC)(OCC)C1(CC)CC(=O)OC1=O. The van der Waals surface area contributed by atoms with Crippen LogP contribution >= 0.6 is 0 Å². The monoisotopic (exact) mass is 290 g/mol. The highest BCUT2D eigenvalue weighted by atomic mass is 28.4. The predicted octanol–water partition coefficient (Wildman–Crippen LogP) is 1.66. The molecule has 1 unspecified atom stereocenters. The molecule has 110 valence electrons. The van der Waals surface area contributed by atoms with Crippen LogP contribution in [0.3, 0.4) is 0 Å². The summed E-state index contributed by atoms with van der Waals surface area (Å²) in [6.45, 7) is 8.32. The second kappa shape index (κ2) is 6.60. The van der Waals surface area contributed by atoms with Crippen LogP contribution in [0.2, 0.25) is 5.04 Å². The number of carbonyl (C=O) groups excluding carboxylic acids is 2. The minimum atomic E-state index is -3.31. The Balaban J connectivity index is 3.24. The molecule has 0 aromatic rings. The van der Waals surface area contributed by atoms with Crippen molar-refractivity contribution < 1.29 is 27.6 Å². The number of carbonyl (C=O) groups is 2. The Hall–Kier alpha value is -0.763. The number of hydrogen-bond acceptors (Lipinski definition) is 6. The van der Waals surface area contributed by atoms with E-state index < -0.39 is 25.8 Å². The molecule has 0 spiro atoms. The number of hydrogen-bond donors (Lipinski definition) is 0. The maximum atomic E-state index is 12.2. The molecule has 1 aliphatic rings. The summed E-state index contributed by atoms with van der Waals surface area (Å²) in [4.78, 5) is 23.7. The molecule has 1 rings (SSSR count). The maximum absolute atomic E-state index is 12.2. The molecule has 1 fully saturated rings. The van der Waals surface area contributed by atoms with E-state index in [-0.39, 0.29) is 6.42 Å². The molecule has 0 saturated carbocycles. The molecular weight excluding hydrogens is 268 g/mol. The summed E-state index contributed by atoms with van der Waals surface area (Å²) >= 11 is 0. The highest BCUT2D eigenvalue weighted by molar-refractivity contribution is 6.69. The number of esters is 2. The van der Waals surface area contributed by atoms with Crippen molar-refractivity contribution in [2.45, 2.75) is 45.6 Å². The van der Waals surface area contributed by atoms with E-state index in [2.05, 4.69) is 0 Å². The molecule has 1 aliphatic heterocycles. The lowest BCUT2D eigenvalue weighted by molar-refractivity contribution is -0.153. The van der Waals surface area contributed by atoms with Gasteiger partial charge in [0, 0.05) is 19.8 Å². The Morgan fingerprint density at radius 2 is 1.53 bits per heavy atom. The normalized spacial score (nSPS) is 23.8. The van der Waals surface area contributed by atoms with Gasteiger partial charge in [0.05, 0.1) is 6.42 Å². The summed E-state index contributed by atoms with van der Waals surface area (Å²) in [6.07, 6.45) is 0.359. The van der Waals surface area contributed by atoms with Crippen LogP contribution in [-0.2, 0) is 27.6 Å². The molecule has 0 aromatic carbocycles. The molecule has 0 amide bonds. The van der Waals surface area contributed by atoms with Gasteiger partial charge >= 0.3 is 20.7 Å². The highest BCUT2D eigenvalue weighted by Crippen LogP contribution is 2.51. The van der Waals surface area contributed by atoms with Gasteiger partial charge in [0.15, 0.2) is 0 Å². The molecule has 6 nitrogen and oxygen atoms in total. The second-order valence-electron chi connectivity index (χ2n) is 4.23. The van der Waals surface area contributed by atoms with Crippen LogP contribution < -0.4 is 0 Å². The molecule has 1 atom stereocenters. The zero-order valence-corrected chi connectivity index (χ0v) is 13.0. The van der Waals surface area contributed by atoms with Crippen molar-refractivity contribution in [3.63, 3.8) is 0 Å². The topological polar surface area (TPSA) is 71.1 Å². The van der Waals surface area contributed by atoms with Crippen molar-refractivity contribution >= 4 is 20.7 Å². The van der Waals surface area contributed by atoms with Gasteiger partial charge in [0.2, 0.25) is 0 Å². The molecule has 0 radical (unpaired) electrons. The first kappa shape index (κ1) is 16.3. The Bertz CT molecular complexity index is 328. The lowest BCUT2D eigenvalue weighted by Crippen LogP contribution is -2.58. The van der Waals surface area contributed by atoms with Crippen molar-refractivity contribution in [3.8, 4) is 0 Å². The van der Waals surface area contributed by atoms with Gasteiger partial charge in [-0.1, -0.05) is 6.92 Å². The quantitative estimate of drug-likeness (QED) is 0.384. The Morgan fingerprint density at radius 3 is 1.79 bits per heavy atom. The number of cyclic esters (lactones) is 2. The van der Waals surface area contributed by atoms with Gasteiger partial charge < -0.3 is 18.0 Å². The second-order valence-corrected chi connectivity index (χ2v) is 7.16. The van der Waals surface area contributed by atoms with E-state index in [1.54, 1.807) is 0 Å². The first-order chi connectivity index (χ1) is 9.01. The third-order valence-electron chi connectivity index (χ3n) is 3.24. The average molecular weight is 290 g/mol. The first-order valence-corrected chi connectivity index (χ1v) is 8.41. The van der Waals surface area contributed by atoms with Crippen LogP contribution in [0.25, 0.3) is 0 Å². The van der Waals surface area contributed by atoms with Crippen molar-refractivity contribution in [3.05, 3.63) is 0 Å². The molecular formula is C12H22O6Si. The van der Waals surface area contributed by atoms with Gasteiger partial charge in [-0.3, -0.25) is 9.59 Å². The molecule has 1 saturated heterocycles. The van der Waals surface area contributed by atoms with Crippen molar-refractivity contribution in [1.82, 2.24) is 0 Å². The summed E-state index contributed by atoms with van der Waals surface area (Å²) in [7, 11) is -3.31. The zero-order chi connectivity index (χ0) is 14.5. The standard InChI is InChI=1S/C12H22O6Si/c1-5-12(9-10(13)18-11(12)14)19(15-6-2,16-7-3)17-8-4/h5-9H2,1-4H3. The Morgan fingerprint density at radius 1 is 1.05 bits per heavy atom. The molecule has 0 N–H and O–H groups in total. The lowest BCUT2D eigenvalue weighted by Gasteiger charge is -2.39. The van der Waals surface area contributed by atoms with Gasteiger partial charge in [0.25, 0.3) is 0 Å². The van der Waals surface area contributed by atoms with Gasteiger partial charge in [-0.15, -0.1) is 0 Å². The van der Waals surface area contributed by atoms with E-state index in [1.165, 1.54) is 0 Å². The minimum Gasteiger partial charge on any atom is -0.393 e. The van der Waals surface area contributed by atoms with Gasteiger partial charge in [-0.05, 0) is 27.2 Å². The average Bonchev–Trinajstić information content (AvgIpc) is 2.66. The first-order valence-electron chi connectivity index (χ1n) is 6.68. The molecule has 0 aromatic heterocycles. The fraction of sp³-hybridized carbons (Fsp3) is 0.833. The molecule has 0 aliphatic carbocycles. The van der Waals surface area contributed by atoms with E-state index in [9.17, 15) is 9.59 Å². The van der Waals surface area contributed by atoms with E-state index in [0.29, 0.717) is 26.2 Å². The van der Waals surface area contributed by atoms with Crippen LogP contribution in [0.5, 0.6) is 0 Å². The number of rotatable bonds is 8. The van der Waals surface area contributed by atoms with E-state index >= 15 is 0 Å². The predicted molar refractivity (Wildman–Crippen MR) is 69.3 cm³/mol. The van der Waals surface area contributed by atoms with Crippen LogP contribution in [0.1, 0.15) is 40.5 Å². The largest absolute Gasteiger partial charge is 0.519 e. The third kappa shape index (κ3) is 2.74. The van der Waals surface area contributed by atoms with E-state index in [0.717, 1.165) is 0 Å². The summed E-state index contributed by atoms with van der Waals surface area (Å²) in [5.74, 6) is -1.12.